The summed E-state index contributed by atoms with van der Waals surface area (Å²) in [4.78, 5) is 0. The molecule has 0 aromatic heterocycles. The summed E-state index contributed by atoms with van der Waals surface area (Å²) in [6.45, 7) is 0.284. The molecule has 0 bridgehead atoms. The Morgan fingerprint density at radius 2 is 2.06 bits per heavy atom. The van der Waals surface area contributed by atoms with E-state index in [1.807, 2.05) is 0 Å². The number of hydrogen-bond acceptors (Lipinski definition) is 3. The van der Waals surface area contributed by atoms with Gasteiger partial charge in [0.25, 0.3) is 0 Å². The zero-order valence-electron chi connectivity index (χ0n) is 8.12. The first kappa shape index (κ1) is 14.1. The molecule has 0 atom stereocenters. The molecule has 0 unspecified atom stereocenters. The lowest BCUT2D eigenvalue weighted by Gasteiger charge is -2.07. The summed E-state index contributed by atoms with van der Waals surface area (Å²) < 4.78 is 27.4. The van der Waals surface area contributed by atoms with Gasteiger partial charge in [0.1, 0.15) is 5.75 Å². The molecule has 90 valence electrons. The third kappa shape index (κ3) is 5.39. The van der Waals surface area contributed by atoms with Gasteiger partial charge in [-0.25, -0.2) is 8.42 Å². The highest BCUT2D eigenvalue weighted by molar-refractivity contribution is 9.10. The molecule has 0 radical (unpaired) electrons. The maximum atomic E-state index is 10.6. The Labute approximate surface area is 112 Å². The van der Waals surface area contributed by atoms with Crippen LogP contribution in [0.5, 0.6) is 5.75 Å². The van der Waals surface area contributed by atoms with E-state index < -0.39 is 9.05 Å². The average Bonchev–Trinajstić information content (AvgIpc) is 2.13. The fourth-order valence-electron chi connectivity index (χ4n) is 1.01. The predicted molar refractivity (Wildman–Crippen MR) is 68.9 cm³/mol. The Morgan fingerprint density at radius 3 is 2.62 bits per heavy atom. The molecular formula is C9H9BrCl2O3S. The first-order chi connectivity index (χ1) is 7.38. The van der Waals surface area contributed by atoms with Gasteiger partial charge in [-0.15, -0.1) is 0 Å². The number of benzene rings is 1. The van der Waals surface area contributed by atoms with E-state index in [1.165, 1.54) is 0 Å². The fraction of sp³-hybridized carbons (Fsp3) is 0.333. The van der Waals surface area contributed by atoms with Gasteiger partial charge < -0.3 is 4.74 Å². The fourth-order valence-corrected chi connectivity index (χ4v) is 2.59. The molecule has 0 spiro atoms. The highest BCUT2D eigenvalue weighted by atomic mass is 79.9. The van der Waals surface area contributed by atoms with Gasteiger partial charge in [0, 0.05) is 15.7 Å². The van der Waals surface area contributed by atoms with Gasteiger partial charge in [-0.2, -0.15) is 0 Å². The molecule has 0 saturated carbocycles. The van der Waals surface area contributed by atoms with Gasteiger partial charge in [-0.05, 0) is 40.5 Å². The first-order valence-corrected chi connectivity index (χ1v) is 8.03. The molecule has 7 heteroatoms. The molecule has 0 aliphatic heterocycles. The average molecular weight is 348 g/mol. The standard InChI is InChI=1S/C9H9BrCl2O3S/c10-8-6-7(11)2-3-9(8)15-4-1-5-16(12,13)14/h2-3,6H,1,4-5H2. The van der Waals surface area contributed by atoms with E-state index in [0.717, 1.165) is 4.47 Å². The maximum absolute atomic E-state index is 10.6. The SMILES string of the molecule is O=S(=O)(Cl)CCCOc1ccc(Cl)cc1Br. The van der Waals surface area contributed by atoms with Crippen molar-refractivity contribution in [1.82, 2.24) is 0 Å². The van der Waals surface area contributed by atoms with Crippen molar-refractivity contribution < 1.29 is 13.2 Å². The zero-order chi connectivity index (χ0) is 12.2. The summed E-state index contributed by atoms with van der Waals surface area (Å²) in [5, 5.41) is 0.600. The highest BCUT2D eigenvalue weighted by Gasteiger charge is 2.06. The van der Waals surface area contributed by atoms with E-state index in [-0.39, 0.29) is 12.4 Å². The van der Waals surface area contributed by atoms with Crippen LogP contribution in [0.15, 0.2) is 22.7 Å². The van der Waals surface area contributed by atoms with E-state index in [2.05, 4.69) is 15.9 Å². The Hall–Kier alpha value is 0.0300. The molecule has 0 heterocycles. The van der Waals surface area contributed by atoms with Gasteiger partial charge in [0.2, 0.25) is 9.05 Å². The minimum absolute atomic E-state index is 0.0975. The number of halogens is 3. The third-order valence-electron chi connectivity index (χ3n) is 1.68. The predicted octanol–water partition coefficient (Wildman–Crippen LogP) is 3.44. The number of hydrogen-bond donors (Lipinski definition) is 0. The summed E-state index contributed by atoms with van der Waals surface area (Å²) in [5.74, 6) is 0.524. The van der Waals surface area contributed by atoms with Crippen molar-refractivity contribution in [3.63, 3.8) is 0 Å². The van der Waals surface area contributed by atoms with E-state index in [0.29, 0.717) is 17.2 Å². The molecule has 0 saturated heterocycles. The van der Waals surface area contributed by atoms with Crippen LogP contribution >= 0.6 is 38.2 Å². The van der Waals surface area contributed by atoms with Gasteiger partial charge in [-0.1, -0.05) is 11.6 Å². The second-order valence-corrected chi connectivity index (χ2v) is 7.21. The van der Waals surface area contributed by atoms with Crippen LogP contribution in [0.2, 0.25) is 5.02 Å². The van der Waals surface area contributed by atoms with Crippen LogP contribution in [0.25, 0.3) is 0 Å². The van der Waals surface area contributed by atoms with Crippen molar-refractivity contribution in [2.75, 3.05) is 12.4 Å². The van der Waals surface area contributed by atoms with Crippen LogP contribution in [0.3, 0.4) is 0 Å². The Kier molecular flexibility index (Phi) is 5.37. The molecule has 0 aliphatic rings. The van der Waals surface area contributed by atoms with Crippen molar-refractivity contribution in [2.24, 2.45) is 0 Å². The van der Waals surface area contributed by atoms with E-state index in [9.17, 15) is 8.42 Å². The van der Waals surface area contributed by atoms with Crippen molar-refractivity contribution in [2.45, 2.75) is 6.42 Å². The lowest BCUT2D eigenvalue weighted by molar-refractivity contribution is 0.316. The van der Waals surface area contributed by atoms with Crippen molar-refractivity contribution in [1.29, 1.82) is 0 Å². The topological polar surface area (TPSA) is 43.4 Å². The van der Waals surface area contributed by atoms with Crippen LogP contribution < -0.4 is 4.74 Å². The molecule has 1 aromatic carbocycles. The van der Waals surface area contributed by atoms with E-state index >= 15 is 0 Å². The molecule has 0 fully saturated rings. The molecular weight excluding hydrogens is 339 g/mol. The van der Waals surface area contributed by atoms with Crippen molar-refractivity contribution in [3.8, 4) is 5.75 Å². The van der Waals surface area contributed by atoms with Crippen LogP contribution in [-0.4, -0.2) is 20.8 Å². The molecule has 3 nitrogen and oxygen atoms in total. The summed E-state index contributed by atoms with van der Waals surface area (Å²) >= 11 is 9.04. The monoisotopic (exact) mass is 346 g/mol. The second-order valence-electron chi connectivity index (χ2n) is 3.02. The normalized spacial score (nSPS) is 11.4. The third-order valence-corrected chi connectivity index (χ3v) is 3.78. The smallest absolute Gasteiger partial charge is 0.232 e. The first-order valence-electron chi connectivity index (χ1n) is 4.39. The van der Waals surface area contributed by atoms with Gasteiger partial charge in [0.15, 0.2) is 0 Å². The zero-order valence-corrected chi connectivity index (χ0v) is 12.0. The van der Waals surface area contributed by atoms with Crippen molar-refractivity contribution in [3.05, 3.63) is 27.7 Å². The minimum Gasteiger partial charge on any atom is -0.492 e. The van der Waals surface area contributed by atoms with Gasteiger partial charge >= 0.3 is 0 Å². The maximum Gasteiger partial charge on any atom is 0.232 e. The minimum atomic E-state index is -3.44. The Balaban J connectivity index is 2.43. The summed E-state index contributed by atoms with van der Waals surface area (Å²) in [5.41, 5.74) is 0. The quantitative estimate of drug-likeness (QED) is 0.605. The molecule has 16 heavy (non-hydrogen) atoms. The number of rotatable bonds is 5. The summed E-state index contributed by atoms with van der Waals surface area (Å²) in [7, 11) is 1.62. The van der Waals surface area contributed by atoms with Gasteiger partial charge in [0.05, 0.1) is 16.8 Å². The lowest BCUT2D eigenvalue weighted by atomic mass is 10.3. The van der Waals surface area contributed by atoms with Crippen LogP contribution in [0.4, 0.5) is 0 Å². The molecule has 1 aromatic rings. The van der Waals surface area contributed by atoms with Crippen LogP contribution in [0, 0.1) is 0 Å². The summed E-state index contributed by atoms with van der Waals surface area (Å²) in [6, 6.07) is 5.11. The van der Waals surface area contributed by atoms with Gasteiger partial charge in [-0.3, -0.25) is 0 Å². The molecule has 0 N–H and O–H groups in total. The van der Waals surface area contributed by atoms with Crippen LogP contribution in [-0.2, 0) is 9.05 Å². The van der Waals surface area contributed by atoms with Crippen LogP contribution in [0.1, 0.15) is 6.42 Å². The second kappa shape index (κ2) is 6.10. The molecule has 0 aliphatic carbocycles. The lowest BCUT2D eigenvalue weighted by Crippen LogP contribution is -2.05. The Morgan fingerprint density at radius 1 is 1.38 bits per heavy atom. The Bertz CT molecular complexity index is 462. The molecule has 1 rings (SSSR count). The number of ether oxygens (including phenoxy) is 1. The van der Waals surface area contributed by atoms with Crippen molar-refractivity contribution >= 4 is 47.3 Å². The van der Waals surface area contributed by atoms with E-state index in [1.54, 1.807) is 18.2 Å². The highest BCUT2D eigenvalue weighted by Crippen LogP contribution is 2.27. The molecule has 0 amide bonds. The summed E-state index contributed by atoms with van der Waals surface area (Å²) in [6.07, 6.45) is 0.348. The largest absolute Gasteiger partial charge is 0.492 e. The van der Waals surface area contributed by atoms with E-state index in [4.69, 9.17) is 27.0 Å².